The Hall–Kier alpha value is -1.80. The third kappa shape index (κ3) is 3.42. The quantitative estimate of drug-likeness (QED) is 0.509. The molecule has 0 aliphatic carbocycles. The molecule has 4 heterocycles. The number of nitrogens with zero attached hydrogens (tertiary/aromatic N) is 2. The van der Waals surface area contributed by atoms with E-state index in [1.54, 1.807) is 11.8 Å². The number of carbonyl (C=O) groups is 3. The minimum absolute atomic E-state index is 0.0441. The highest BCUT2D eigenvalue weighted by Crippen LogP contribution is 2.61. The Kier molecular flexibility index (Phi) is 6.23. The van der Waals surface area contributed by atoms with Crippen LogP contribution < -0.4 is 0 Å². The molecule has 4 rings (SSSR count). The van der Waals surface area contributed by atoms with Gasteiger partial charge in [0.15, 0.2) is 0 Å². The van der Waals surface area contributed by atoms with Crippen molar-refractivity contribution in [2.45, 2.75) is 68.2 Å². The number of aliphatic hydroxyl groups excluding tert-OH is 1. The van der Waals surface area contributed by atoms with Crippen molar-refractivity contribution in [3.8, 4) is 0 Å². The highest BCUT2D eigenvalue weighted by molar-refractivity contribution is 8.02. The second kappa shape index (κ2) is 8.62. The van der Waals surface area contributed by atoms with Crippen LogP contribution in [0.3, 0.4) is 0 Å². The van der Waals surface area contributed by atoms with Crippen molar-refractivity contribution in [2.24, 2.45) is 11.8 Å². The van der Waals surface area contributed by atoms with Crippen molar-refractivity contribution in [2.75, 3.05) is 19.8 Å². The lowest BCUT2D eigenvalue weighted by Gasteiger charge is -2.39. The minimum Gasteiger partial charge on any atom is -0.465 e. The van der Waals surface area contributed by atoms with Gasteiger partial charge in [-0.15, -0.1) is 11.8 Å². The van der Waals surface area contributed by atoms with E-state index in [0.717, 1.165) is 12.8 Å². The second-order valence-corrected chi connectivity index (χ2v) is 10.5. The molecule has 2 amide bonds. The van der Waals surface area contributed by atoms with E-state index >= 15 is 0 Å². The lowest BCUT2D eigenvalue weighted by atomic mass is 9.78. The predicted octanol–water partition coefficient (Wildman–Crippen LogP) is 1.75. The maximum atomic E-state index is 13.9. The van der Waals surface area contributed by atoms with E-state index < -0.39 is 28.7 Å². The number of rotatable bonds is 5. The number of esters is 1. The average molecular weight is 449 g/mol. The van der Waals surface area contributed by atoms with Crippen LogP contribution in [0, 0.1) is 11.8 Å². The zero-order valence-corrected chi connectivity index (χ0v) is 19.2. The molecule has 2 unspecified atom stereocenters. The normalized spacial score (nSPS) is 36.8. The molecule has 0 aromatic carbocycles. The van der Waals surface area contributed by atoms with Crippen molar-refractivity contribution in [1.29, 1.82) is 0 Å². The Labute approximate surface area is 187 Å². The maximum Gasteiger partial charge on any atom is 0.311 e. The summed E-state index contributed by atoms with van der Waals surface area (Å²) in [6.45, 7) is 6.43. The van der Waals surface area contributed by atoms with Crippen molar-refractivity contribution >= 4 is 29.5 Å². The summed E-state index contributed by atoms with van der Waals surface area (Å²) in [5.74, 6) is -2.01. The van der Waals surface area contributed by atoms with Gasteiger partial charge in [-0.2, -0.15) is 0 Å². The van der Waals surface area contributed by atoms with Crippen molar-refractivity contribution < 1.29 is 24.2 Å². The first-order valence-corrected chi connectivity index (χ1v) is 12.2. The number of hydrogen-bond donors (Lipinski definition) is 1. The van der Waals surface area contributed by atoms with E-state index in [2.05, 4.69) is 6.92 Å². The third-order valence-electron chi connectivity index (χ3n) is 7.07. The van der Waals surface area contributed by atoms with Crippen LogP contribution in [0.4, 0.5) is 0 Å². The number of thioether (sulfide) groups is 1. The maximum absolute atomic E-state index is 13.9. The summed E-state index contributed by atoms with van der Waals surface area (Å²) in [6, 6.07) is -1.22. The first kappa shape index (κ1) is 22.4. The van der Waals surface area contributed by atoms with Crippen LogP contribution in [-0.4, -0.2) is 80.6 Å². The SMILES string of the molecule is CCCC(C)N1CC=C[C@]23S[C@@H]4C=CCCOC(=O)[C@@H]4[C@H]2C(=O)N([C@H](C)CO)C3C1=O. The van der Waals surface area contributed by atoms with Crippen LogP contribution >= 0.6 is 11.8 Å². The van der Waals surface area contributed by atoms with Gasteiger partial charge in [0.1, 0.15) is 6.04 Å². The zero-order valence-electron chi connectivity index (χ0n) is 18.4. The molecule has 2 saturated heterocycles. The molecular weight excluding hydrogens is 416 g/mol. The molecule has 4 aliphatic rings. The highest BCUT2D eigenvalue weighted by atomic mass is 32.2. The van der Waals surface area contributed by atoms with Crippen LogP contribution in [0.15, 0.2) is 24.3 Å². The van der Waals surface area contributed by atoms with E-state index in [9.17, 15) is 19.5 Å². The van der Waals surface area contributed by atoms with E-state index in [1.165, 1.54) is 11.8 Å². The van der Waals surface area contributed by atoms with Gasteiger partial charge in [0.05, 0.1) is 35.8 Å². The fraction of sp³-hybridized carbons (Fsp3) is 0.696. The van der Waals surface area contributed by atoms with Gasteiger partial charge in [0.2, 0.25) is 11.8 Å². The number of carbonyl (C=O) groups excluding carboxylic acids is 3. The Morgan fingerprint density at radius 2 is 2.00 bits per heavy atom. The van der Waals surface area contributed by atoms with Crippen molar-refractivity contribution in [1.82, 2.24) is 9.80 Å². The number of cyclic esters (lactones) is 1. The molecule has 0 saturated carbocycles. The van der Waals surface area contributed by atoms with Crippen LogP contribution in [0.1, 0.15) is 40.0 Å². The molecular formula is C23H32N2O5S. The molecule has 2 fully saturated rings. The molecule has 1 N–H and O–H groups in total. The molecule has 0 aromatic rings. The molecule has 1 spiro atoms. The molecule has 4 aliphatic heterocycles. The van der Waals surface area contributed by atoms with Crippen molar-refractivity contribution in [3.05, 3.63) is 24.3 Å². The van der Waals surface area contributed by atoms with Gasteiger partial charge in [-0.3, -0.25) is 14.4 Å². The van der Waals surface area contributed by atoms with Gasteiger partial charge in [-0.25, -0.2) is 0 Å². The lowest BCUT2D eigenvalue weighted by molar-refractivity contribution is -0.153. The molecule has 170 valence electrons. The summed E-state index contributed by atoms with van der Waals surface area (Å²) in [4.78, 5) is 44.1. The van der Waals surface area contributed by atoms with Crippen LogP contribution in [0.2, 0.25) is 0 Å². The monoisotopic (exact) mass is 448 g/mol. The molecule has 0 aromatic heterocycles. The molecule has 7 nitrogen and oxygen atoms in total. The minimum atomic E-state index is -0.846. The predicted molar refractivity (Wildman–Crippen MR) is 118 cm³/mol. The Morgan fingerprint density at radius 1 is 1.23 bits per heavy atom. The summed E-state index contributed by atoms with van der Waals surface area (Å²) < 4.78 is 4.61. The lowest BCUT2D eigenvalue weighted by Crippen LogP contribution is -2.57. The standard InChI is InChI=1S/C23H32N2O5S/c1-4-8-14(2)24-11-7-10-23-18(17-16(31-23)9-5-6-12-30-22(17)29)20(27)25(15(3)13-26)19(23)21(24)28/h5,7,9-10,14-19,26H,4,6,8,11-13H2,1-3H3/t14?,15-,16-,17+,18+,19?,23+/m1/s1. The molecule has 8 heteroatoms. The number of fused-ring (bicyclic) bond motifs is 2. The van der Waals surface area contributed by atoms with Gasteiger partial charge in [-0.05, 0) is 26.7 Å². The Morgan fingerprint density at radius 3 is 2.71 bits per heavy atom. The summed E-state index contributed by atoms with van der Waals surface area (Å²) in [5, 5.41) is 9.69. The Bertz CT molecular complexity index is 814. The van der Waals surface area contributed by atoms with E-state index in [1.807, 2.05) is 36.1 Å². The van der Waals surface area contributed by atoms with E-state index in [-0.39, 0.29) is 35.7 Å². The first-order chi connectivity index (χ1) is 14.9. The van der Waals surface area contributed by atoms with Gasteiger partial charge in [0, 0.05) is 17.8 Å². The van der Waals surface area contributed by atoms with E-state index in [4.69, 9.17) is 4.74 Å². The third-order valence-corrected chi connectivity index (χ3v) is 8.81. The van der Waals surface area contributed by atoms with Gasteiger partial charge in [0.25, 0.3) is 0 Å². The average Bonchev–Trinajstić information content (AvgIpc) is 3.12. The molecule has 0 bridgehead atoms. The second-order valence-electron chi connectivity index (χ2n) is 9.03. The van der Waals surface area contributed by atoms with Crippen LogP contribution in [0.5, 0.6) is 0 Å². The number of hydrogen-bond acceptors (Lipinski definition) is 6. The van der Waals surface area contributed by atoms with E-state index in [0.29, 0.717) is 19.6 Å². The topological polar surface area (TPSA) is 87.2 Å². The summed E-state index contributed by atoms with van der Waals surface area (Å²) >= 11 is 1.54. The van der Waals surface area contributed by atoms with Crippen LogP contribution in [0.25, 0.3) is 0 Å². The molecule has 0 radical (unpaired) electrons. The fourth-order valence-electron chi connectivity index (χ4n) is 5.60. The van der Waals surface area contributed by atoms with Crippen LogP contribution in [-0.2, 0) is 19.1 Å². The van der Waals surface area contributed by atoms with Gasteiger partial charge in [-0.1, -0.05) is 37.6 Å². The zero-order chi connectivity index (χ0) is 22.3. The van der Waals surface area contributed by atoms with Gasteiger partial charge < -0.3 is 19.6 Å². The number of amides is 2. The van der Waals surface area contributed by atoms with Gasteiger partial charge >= 0.3 is 5.97 Å². The fourth-order valence-corrected chi connectivity index (χ4v) is 7.58. The van der Waals surface area contributed by atoms with Crippen molar-refractivity contribution in [3.63, 3.8) is 0 Å². The Balaban J connectivity index is 1.83. The number of ether oxygens (including phenoxy) is 1. The first-order valence-electron chi connectivity index (χ1n) is 11.3. The smallest absolute Gasteiger partial charge is 0.311 e. The summed E-state index contributed by atoms with van der Waals surface area (Å²) in [7, 11) is 0. The summed E-state index contributed by atoms with van der Waals surface area (Å²) in [5.41, 5.74) is 0. The molecule has 31 heavy (non-hydrogen) atoms. The molecule has 7 atom stereocenters. The number of aliphatic hydroxyl groups is 1. The number of likely N-dealkylation sites (tertiary alicyclic amines) is 1. The summed E-state index contributed by atoms with van der Waals surface area (Å²) in [6.07, 6.45) is 10.5. The largest absolute Gasteiger partial charge is 0.465 e. The highest BCUT2D eigenvalue weighted by Gasteiger charge is 2.71.